The third-order valence-corrected chi connectivity index (χ3v) is 3.82. The molecule has 0 unspecified atom stereocenters. The number of aromatic nitrogens is 1. The molecule has 0 atom stereocenters. The van der Waals surface area contributed by atoms with Crippen molar-refractivity contribution >= 4 is 15.9 Å². The second kappa shape index (κ2) is 5.30. The molecule has 0 bridgehead atoms. The molecule has 2 N–H and O–H groups in total. The number of amides is 1. The van der Waals surface area contributed by atoms with Crippen molar-refractivity contribution in [2.24, 2.45) is 0 Å². The third-order valence-electron chi connectivity index (χ3n) is 2.17. The maximum Gasteiger partial charge on any atom is 0.246 e. The van der Waals surface area contributed by atoms with Crippen molar-refractivity contribution in [1.29, 1.82) is 0 Å². The van der Waals surface area contributed by atoms with E-state index in [4.69, 9.17) is 4.52 Å². The zero-order chi connectivity index (χ0) is 14.8. The fraction of sp³-hybridized carbons (Fsp3) is 0.636. The van der Waals surface area contributed by atoms with E-state index in [0.717, 1.165) is 0 Å². The van der Waals surface area contributed by atoms with Crippen LogP contribution in [0.5, 0.6) is 0 Å². The molecule has 1 amide bonds. The van der Waals surface area contributed by atoms with Crippen molar-refractivity contribution in [3.63, 3.8) is 0 Å². The summed E-state index contributed by atoms with van der Waals surface area (Å²) in [6, 6.07) is 0. The van der Waals surface area contributed by atoms with E-state index in [9.17, 15) is 13.2 Å². The van der Waals surface area contributed by atoms with Crippen LogP contribution in [0.1, 0.15) is 32.2 Å². The van der Waals surface area contributed by atoms with Gasteiger partial charge in [-0.15, -0.1) is 0 Å². The Kier molecular flexibility index (Phi) is 4.36. The third kappa shape index (κ3) is 4.32. The van der Waals surface area contributed by atoms with Gasteiger partial charge in [-0.25, -0.2) is 13.1 Å². The van der Waals surface area contributed by atoms with Gasteiger partial charge in [-0.2, -0.15) is 0 Å². The van der Waals surface area contributed by atoms with Gasteiger partial charge in [-0.3, -0.25) is 4.79 Å². The van der Waals surface area contributed by atoms with Gasteiger partial charge in [-0.1, -0.05) is 5.16 Å². The molecule has 0 aliphatic heterocycles. The maximum absolute atomic E-state index is 12.0. The van der Waals surface area contributed by atoms with Gasteiger partial charge in [0, 0.05) is 5.54 Å². The van der Waals surface area contributed by atoms with E-state index in [2.05, 4.69) is 15.2 Å². The first-order chi connectivity index (χ1) is 8.53. The van der Waals surface area contributed by atoms with Gasteiger partial charge in [0.25, 0.3) is 0 Å². The fourth-order valence-corrected chi connectivity index (χ4v) is 2.86. The normalized spacial score (nSPS) is 12.5. The monoisotopic (exact) mass is 289 g/mol. The van der Waals surface area contributed by atoms with Crippen LogP contribution < -0.4 is 10.0 Å². The first kappa shape index (κ1) is 15.6. The first-order valence-corrected chi connectivity index (χ1v) is 7.25. The van der Waals surface area contributed by atoms with E-state index in [-0.39, 0.29) is 22.9 Å². The lowest BCUT2D eigenvalue weighted by atomic mass is 10.1. The topological polar surface area (TPSA) is 101 Å². The summed E-state index contributed by atoms with van der Waals surface area (Å²) in [6.07, 6.45) is 0. The number of carbonyl (C=O) groups is 1. The van der Waals surface area contributed by atoms with Crippen LogP contribution in [0, 0.1) is 13.8 Å². The summed E-state index contributed by atoms with van der Waals surface area (Å²) in [7, 11) is -3.80. The van der Waals surface area contributed by atoms with Crippen molar-refractivity contribution in [1.82, 2.24) is 15.2 Å². The molecule has 0 radical (unpaired) electrons. The molecule has 1 aromatic rings. The number of hydrogen-bond donors (Lipinski definition) is 2. The second-order valence-corrected chi connectivity index (χ2v) is 6.98. The number of rotatable bonds is 4. The molecule has 0 saturated heterocycles. The highest BCUT2D eigenvalue weighted by molar-refractivity contribution is 7.89. The Morgan fingerprint density at radius 3 is 2.32 bits per heavy atom. The van der Waals surface area contributed by atoms with Gasteiger partial charge < -0.3 is 9.84 Å². The van der Waals surface area contributed by atoms with Crippen molar-refractivity contribution < 1.29 is 17.7 Å². The molecule has 0 aliphatic carbocycles. The van der Waals surface area contributed by atoms with Gasteiger partial charge in [0.2, 0.25) is 15.9 Å². The molecule has 1 rings (SSSR count). The molecule has 19 heavy (non-hydrogen) atoms. The van der Waals surface area contributed by atoms with E-state index in [1.807, 2.05) is 20.8 Å². The van der Waals surface area contributed by atoms with Gasteiger partial charge >= 0.3 is 0 Å². The number of nitrogens with one attached hydrogen (secondary N) is 2. The number of nitrogens with zero attached hydrogens (tertiary/aromatic N) is 1. The molecular weight excluding hydrogens is 270 g/mol. The van der Waals surface area contributed by atoms with Crippen molar-refractivity contribution in [3.8, 4) is 0 Å². The Morgan fingerprint density at radius 1 is 1.32 bits per heavy atom. The minimum Gasteiger partial charge on any atom is -0.360 e. The van der Waals surface area contributed by atoms with Crippen molar-refractivity contribution in [3.05, 3.63) is 11.5 Å². The molecule has 0 saturated carbocycles. The zero-order valence-electron chi connectivity index (χ0n) is 11.7. The molecular formula is C11H19N3O4S. The minimum atomic E-state index is -3.80. The van der Waals surface area contributed by atoms with E-state index in [1.165, 1.54) is 13.8 Å². The van der Waals surface area contributed by atoms with Crippen LogP contribution in [-0.2, 0) is 14.8 Å². The van der Waals surface area contributed by atoms with Crippen LogP contribution in [0.25, 0.3) is 0 Å². The highest BCUT2D eigenvalue weighted by Crippen LogP contribution is 2.18. The van der Waals surface area contributed by atoms with Crippen LogP contribution in [0.15, 0.2) is 9.42 Å². The summed E-state index contributed by atoms with van der Waals surface area (Å²) in [5.41, 5.74) is -0.146. The molecule has 0 fully saturated rings. The summed E-state index contributed by atoms with van der Waals surface area (Å²) >= 11 is 0. The maximum atomic E-state index is 12.0. The Labute approximate surface area is 112 Å². The second-order valence-electron chi connectivity index (χ2n) is 5.28. The van der Waals surface area contributed by atoms with Crippen LogP contribution in [-0.4, -0.2) is 31.6 Å². The number of aryl methyl sites for hydroxylation is 2. The lowest BCUT2D eigenvalue weighted by molar-refractivity contribution is -0.121. The molecule has 7 nitrogen and oxygen atoms in total. The van der Waals surface area contributed by atoms with Crippen molar-refractivity contribution in [2.75, 3.05) is 6.54 Å². The summed E-state index contributed by atoms with van der Waals surface area (Å²) in [5.74, 6) is -0.205. The lowest BCUT2D eigenvalue weighted by Crippen LogP contribution is -2.45. The summed E-state index contributed by atoms with van der Waals surface area (Å²) in [6.45, 7) is 8.14. The van der Waals surface area contributed by atoms with E-state index in [0.29, 0.717) is 0 Å². The average molecular weight is 289 g/mol. The smallest absolute Gasteiger partial charge is 0.246 e. The van der Waals surface area contributed by atoms with Gasteiger partial charge in [0.05, 0.1) is 6.54 Å². The lowest BCUT2D eigenvalue weighted by Gasteiger charge is -2.20. The molecule has 108 valence electrons. The molecule has 1 aromatic heterocycles. The standard InChI is InChI=1S/C11H19N3O4S/c1-7-10(8(2)18-14-7)19(16,17)12-6-9(15)13-11(3,4)5/h12H,6H2,1-5H3,(H,13,15). The highest BCUT2D eigenvalue weighted by atomic mass is 32.2. The number of carbonyl (C=O) groups excluding carboxylic acids is 1. The van der Waals surface area contributed by atoms with Crippen LogP contribution in [0.3, 0.4) is 0 Å². The van der Waals surface area contributed by atoms with Crippen molar-refractivity contribution in [2.45, 2.75) is 45.1 Å². The first-order valence-electron chi connectivity index (χ1n) is 5.76. The van der Waals surface area contributed by atoms with E-state index < -0.39 is 21.5 Å². The number of sulfonamides is 1. The summed E-state index contributed by atoms with van der Waals surface area (Å²) in [4.78, 5) is 11.6. The highest BCUT2D eigenvalue weighted by Gasteiger charge is 2.25. The van der Waals surface area contributed by atoms with Gasteiger partial charge in [-0.05, 0) is 34.6 Å². The SMILES string of the molecule is Cc1noc(C)c1S(=O)(=O)NCC(=O)NC(C)(C)C. The summed E-state index contributed by atoms with van der Waals surface area (Å²) < 4.78 is 31.1. The predicted octanol–water partition coefficient (Wildman–Crippen LogP) is 0.484. The zero-order valence-corrected chi connectivity index (χ0v) is 12.5. The summed E-state index contributed by atoms with van der Waals surface area (Å²) in [5, 5.41) is 6.24. The van der Waals surface area contributed by atoms with E-state index >= 15 is 0 Å². The molecule has 0 spiro atoms. The average Bonchev–Trinajstić information content (AvgIpc) is 2.54. The van der Waals surface area contributed by atoms with Gasteiger partial charge in [0.1, 0.15) is 10.6 Å². The predicted molar refractivity (Wildman–Crippen MR) is 69.1 cm³/mol. The number of hydrogen-bond acceptors (Lipinski definition) is 5. The van der Waals surface area contributed by atoms with Gasteiger partial charge in [0.15, 0.2) is 5.76 Å². The minimum absolute atomic E-state index is 0.0175. The van der Waals surface area contributed by atoms with Crippen LogP contribution >= 0.6 is 0 Å². The fourth-order valence-electron chi connectivity index (χ4n) is 1.55. The molecule has 0 aliphatic rings. The Balaban J connectivity index is 2.75. The molecule has 0 aromatic carbocycles. The molecule has 8 heteroatoms. The van der Waals surface area contributed by atoms with E-state index in [1.54, 1.807) is 0 Å². The van der Waals surface area contributed by atoms with Crippen LogP contribution in [0.4, 0.5) is 0 Å². The Hall–Kier alpha value is -1.41. The molecule has 1 heterocycles. The van der Waals surface area contributed by atoms with Crippen LogP contribution in [0.2, 0.25) is 0 Å². The Bertz CT molecular complexity index is 550. The Morgan fingerprint density at radius 2 is 1.89 bits per heavy atom. The largest absolute Gasteiger partial charge is 0.360 e. The quantitative estimate of drug-likeness (QED) is 0.839.